The third-order valence-electron chi connectivity index (χ3n) is 4.36. The molecule has 0 spiro atoms. The first-order valence-corrected chi connectivity index (χ1v) is 8.95. The number of nitrogens with zero attached hydrogens (tertiary/aromatic N) is 4. The third-order valence-corrected chi connectivity index (χ3v) is 4.77. The highest BCUT2D eigenvalue weighted by Gasteiger charge is 2.28. The number of hydrogen-bond acceptors (Lipinski definition) is 4. The van der Waals surface area contributed by atoms with E-state index >= 15 is 0 Å². The van der Waals surface area contributed by atoms with Crippen LogP contribution in [-0.2, 0) is 0 Å². The smallest absolute Gasteiger partial charge is 0.225 e. The third kappa shape index (κ3) is 3.06. The van der Waals surface area contributed by atoms with Crippen molar-refractivity contribution in [1.82, 2.24) is 19.9 Å². The largest absolute Gasteiger partial charge is 0.340 e. The Morgan fingerprint density at radius 2 is 1.79 bits per heavy atom. The average molecular weight is 384 g/mol. The van der Waals surface area contributed by atoms with Gasteiger partial charge in [0, 0.05) is 18.9 Å². The Labute approximate surface area is 149 Å². The first-order valence-electron chi connectivity index (χ1n) is 8.16. The van der Waals surface area contributed by atoms with Crippen LogP contribution in [0.3, 0.4) is 0 Å². The van der Waals surface area contributed by atoms with E-state index < -0.39 is 0 Å². The maximum atomic E-state index is 4.65. The fourth-order valence-corrected chi connectivity index (χ4v) is 3.38. The number of imidazole rings is 1. The SMILES string of the molecule is Brc1cnc(N2CCCCC2c2ncc(-c3ccccc3)[nH]2)nc1. The van der Waals surface area contributed by atoms with Crippen molar-refractivity contribution in [2.75, 3.05) is 11.4 Å². The Kier molecular flexibility index (Phi) is 4.30. The van der Waals surface area contributed by atoms with E-state index in [0.29, 0.717) is 0 Å². The number of hydrogen-bond donors (Lipinski definition) is 1. The minimum atomic E-state index is 0.192. The van der Waals surface area contributed by atoms with Crippen LogP contribution >= 0.6 is 15.9 Å². The van der Waals surface area contributed by atoms with Gasteiger partial charge in [-0.15, -0.1) is 0 Å². The van der Waals surface area contributed by atoms with Gasteiger partial charge in [-0.1, -0.05) is 30.3 Å². The topological polar surface area (TPSA) is 57.7 Å². The van der Waals surface area contributed by atoms with Crippen LogP contribution in [0.1, 0.15) is 31.1 Å². The molecule has 0 radical (unpaired) electrons. The molecule has 3 aromatic rings. The second-order valence-electron chi connectivity index (χ2n) is 5.95. The highest BCUT2D eigenvalue weighted by molar-refractivity contribution is 9.10. The van der Waals surface area contributed by atoms with E-state index in [9.17, 15) is 0 Å². The molecule has 3 heterocycles. The Morgan fingerprint density at radius 3 is 2.58 bits per heavy atom. The molecule has 0 saturated carbocycles. The number of nitrogens with one attached hydrogen (secondary N) is 1. The lowest BCUT2D eigenvalue weighted by molar-refractivity contribution is 0.451. The molecule has 2 aromatic heterocycles. The summed E-state index contributed by atoms with van der Waals surface area (Å²) in [5, 5.41) is 0. The molecule has 1 atom stereocenters. The number of aromatic amines is 1. The molecule has 1 N–H and O–H groups in total. The molecule has 1 saturated heterocycles. The van der Waals surface area contributed by atoms with Gasteiger partial charge in [-0.3, -0.25) is 0 Å². The predicted molar refractivity (Wildman–Crippen MR) is 97.7 cm³/mol. The van der Waals surface area contributed by atoms with Crippen LogP contribution in [0.4, 0.5) is 5.95 Å². The van der Waals surface area contributed by atoms with Crippen molar-refractivity contribution in [2.45, 2.75) is 25.3 Å². The highest BCUT2D eigenvalue weighted by atomic mass is 79.9. The van der Waals surface area contributed by atoms with Crippen LogP contribution in [0.5, 0.6) is 0 Å². The summed E-state index contributed by atoms with van der Waals surface area (Å²) in [5.74, 6) is 1.75. The summed E-state index contributed by atoms with van der Waals surface area (Å²) in [6.45, 7) is 0.952. The van der Waals surface area contributed by atoms with Gasteiger partial charge in [-0.2, -0.15) is 0 Å². The van der Waals surface area contributed by atoms with Crippen LogP contribution in [0.2, 0.25) is 0 Å². The molecule has 1 aromatic carbocycles. The van der Waals surface area contributed by atoms with E-state index in [1.807, 2.05) is 24.4 Å². The van der Waals surface area contributed by atoms with E-state index in [1.54, 1.807) is 12.4 Å². The van der Waals surface area contributed by atoms with Gasteiger partial charge in [0.05, 0.1) is 22.4 Å². The number of anilines is 1. The lowest BCUT2D eigenvalue weighted by atomic mass is 10.0. The maximum Gasteiger partial charge on any atom is 0.225 e. The van der Waals surface area contributed by atoms with Crippen LogP contribution in [0.15, 0.2) is 53.4 Å². The van der Waals surface area contributed by atoms with Crippen molar-refractivity contribution in [1.29, 1.82) is 0 Å². The number of aromatic nitrogens is 4. The number of rotatable bonds is 3. The van der Waals surface area contributed by atoms with Crippen molar-refractivity contribution in [3.8, 4) is 11.3 Å². The molecule has 1 aliphatic heterocycles. The summed E-state index contributed by atoms with van der Waals surface area (Å²) in [6, 6.07) is 10.5. The Bertz CT molecular complexity index is 800. The van der Waals surface area contributed by atoms with E-state index in [-0.39, 0.29) is 6.04 Å². The highest BCUT2D eigenvalue weighted by Crippen LogP contribution is 2.33. The minimum absolute atomic E-state index is 0.192. The van der Waals surface area contributed by atoms with Gasteiger partial charge in [-0.25, -0.2) is 15.0 Å². The van der Waals surface area contributed by atoms with Gasteiger partial charge < -0.3 is 9.88 Å². The molecular weight excluding hydrogens is 366 g/mol. The molecule has 122 valence electrons. The molecule has 24 heavy (non-hydrogen) atoms. The standard InChI is InChI=1S/C18H18BrN5/c19-14-10-21-18(22-11-14)24-9-5-4-8-16(24)17-20-12-15(23-17)13-6-2-1-3-7-13/h1-3,6-7,10-12,16H,4-5,8-9H2,(H,20,23). The predicted octanol–water partition coefficient (Wildman–Crippen LogP) is 4.36. The molecule has 0 bridgehead atoms. The van der Waals surface area contributed by atoms with Gasteiger partial charge in [0.1, 0.15) is 5.82 Å². The van der Waals surface area contributed by atoms with Crippen molar-refractivity contribution in [3.63, 3.8) is 0 Å². The summed E-state index contributed by atoms with van der Waals surface area (Å²) in [4.78, 5) is 19.3. The molecule has 4 rings (SSSR count). The average Bonchev–Trinajstić information content (AvgIpc) is 3.13. The molecule has 0 aliphatic carbocycles. The summed E-state index contributed by atoms with van der Waals surface area (Å²) in [6.07, 6.45) is 8.92. The Hall–Kier alpha value is -2.21. The zero-order valence-corrected chi connectivity index (χ0v) is 14.8. The van der Waals surface area contributed by atoms with Crippen LogP contribution in [0, 0.1) is 0 Å². The van der Waals surface area contributed by atoms with E-state index in [4.69, 9.17) is 0 Å². The zero-order valence-electron chi connectivity index (χ0n) is 13.2. The number of piperidine rings is 1. The second kappa shape index (κ2) is 6.73. The van der Waals surface area contributed by atoms with Gasteiger partial charge in [0.2, 0.25) is 5.95 Å². The van der Waals surface area contributed by atoms with E-state index in [1.165, 1.54) is 6.42 Å². The minimum Gasteiger partial charge on any atom is -0.340 e. The number of halogens is 1. The lowest BCUT2D eigenvalue weighted by Crippen LogP contribution is -2.35. The van der Waals surface area contributed by atoms with Crippen LogP contribution in [-0.4, -0.2) is 26.5 Å². The summed E-state index contributed by atoms with van der Waals surface area (Å²) in [7, 11) is 0. The van der Waals surface area contributed by atoms with E-state index in [2.05, 4.69) is 52.9 Å². The normalized spacial score (nSPS) is 17.9. The number of H-pyrrole nitrogens is 1. The van der Waals surface area contributed by atoms with Gasteiger partial charge >= 0.3 is 0 Å². The summed E-state index contributed by atoms with van der Waals surface area (Å²) < 4.78 is 0.893. The molecule has 5 nitrogen and oxygen atoms in total. The molecule has 0 amide bonds. The quantitative estimate of drug-likeness (QED) is 0.729. The van der Waals surface area contributed by atoms with Crippen molar-refractivity contribution >= 4 is 21.9 Å². The summed E-state index contributed by atoms with van der Waals surface area (Å²) >= 11 is 3.40. The fourth-order valence-electron chi connectivity index (χ4n) is 3.18. The molecule has 1 unspecified atom stereocenters. The zero-order chi connectivity index (χ0) is 16.4. The molecule has 6 heteroatoms. The monoisotopic (exact) mass is 383 g/mol. The first-order chi connectivity index (χ1) is 11.8. The first kappa shape index (κ1) is 15.3. The molecule has 1 aliphatic rings. The summed E-state index contributed by atoms with van der Waals surface area (Å²) in [5.41, 5.74) is 2.20. The van der Waals surface area contributed by atoms with Gasteiger partial charge in [0.15, 0.2) is 0 Å². The number of benzene rings is 1. The second-order valence-corrected chi connectivity index (χ2v) is 6.87. The van der Waals surface area contributed by atoms with Gasteiger partial charge in [-0.05, 0) is 40.8 Å². The van der Waals surface area contributed by atoms with Crippen molar-refractivity contribution in [2.24, 2.45) is 0 Å². The Morgan fingerprint density at radius 1 is 1.00 bits per heavy atom. The molecular formula is C18H18BrN5. The molecule has 1 fully saturated rings. The Balaban J connectivity index is 1.64. The van der Waals surface area contributed by atoms with Gasteiger partial charge in [0.25, 0.3) is 0 Å². The van der Waals surface area contributed by atoms with Crippen LogP contribution < -0.4 is 4.90 Å². The lowest BCUT2D eigenvalue weighted by Gasteiger charge is -2.34. The van der Waals surface area contributed by atoms with Crippen LogP contribution in [0.25, 0.3) is 11.3 Å². The van der Waals surface area contributed by atoms with Crippen molar-refractivity contribution in [3.05, 3.63) is 59.2 Å². The van der Waals surface area contributed by atoms with Crippen molar-refractivity contribution < 1.29 is 0 Å². The van der Waals surface area contributed by atoms with E-state index in [0.717, 1.165) is 46.9 Å². The fraction of sp³-hybridized carbons (Fsp3) is 0.278. The maximum absolute atomic E-state index is 4.65.